The average molecular weight is 412 g/mol. The highest BCUT2D eigenvalue weighted by Crippen LogP contribution is 2.24. The Balaban J connectivity index is 1.71. The fraction of sp³-hybridized carbons (Fsp3) is 0.435. The molecule has 0 saturated carbocycles. The molecule has 1 atom stereocenters. The number of piperidine rings is 1. The number of amides is 3. The van der Waals surface area contributed by atoms with E-state index < -0.39 is 6.04 Å². The zero-order valence-corrected chi connectivity index (χ0v) is 17.5. The molecular weight excluding hydrogens is 382 g/mol. The number of hydrogen-bond donors (Lipinski definition) is 1. The Kier molecular flexibility index (Phi) is 7.27. The molecule has 0 radical (unpaired) electrons. The third kappa shape index (κ3) is 4.90. The maximum Gasteiger partial charge on any atom is 0.289 e. The third-order valence-corrected chi connectivity index (χ3v) is 5.69. The summed E-state index contributed by atoms with van der Waals surface area (Å²) in [6.07, 6.45) is 2.76. The lowest BCUT2D eigenvalue weighted by Gasteiger charge is -2.37. The molecule has 1 fully saturated rings. The van der Waals surface area contributed by atoms with Gasteiger partial charge in [0.2, 0.25) is 5.91 Å². The molecule has 1 unspecified atom stereocenters. The molecule has 30 heavy (non-hydrogen) atoms. The lowest BCUT2D eigenvalue weighted by Crippen LogP contribution is -2.54. The molecule has 7 nitrogen and oxygen atoms in total. The lowest BCUT2D eigenvalue weighted by molar-refractivity contribution is -0.134. The predicted molar refractivity (Wildman–Crippen MR) is 113 cm³/mol. The van der Waals surface area contributed by atoms with Crippen LogP contribution in [0, 0.1) is 5.92 Å². The van der Waals surface area contributed by atoms with E-state index in [0.717, 1.165) is 0 Å². The Labute approximate surface area is 177 Å². The molecule has 3 rings (SSSR count). The number of likely N-dealkylation sites (N-methyl/N-ethyl adjacent to an activating group) is 1. The van der Waals surface area contributed by atoms with Gasteiger partial charge in [-0.1, -0.05) is 18.2 Å². The van der Waals surface area contributed by atoms with E-state index in [1.54, 1.807) is 46.2 Å². The van der Waals surface area contributed by atoms with E-state index >= 15 is 0 Å². The first kappa shape index (κ1) is 21.6. The summed E-state index contributed by atoms with van der Waals surface area (Å²) in [5.74, 6) is -0.179. The number of carbonyl (C=O) groups excluding carboxylic acids is 3. The molecule has 1 N–H and O–H groups in total. The van der Waals surface area contributed by atoms with Crippen LogP contribution in [0.5, 0.6) is 0 Å². The van der Waals surface area contributed by atoms with Crippen molar-refractivity contribution < 1.29 is 18.8 Å². The summed E-state index contributed by atoms with van der Waals surface area (Å²) in [5.41, 5.74) is 0.528. The van der Waals surface area contributed by atoms with Gasteiger partial charge in [-0.25, -0.2) is 0 Å². The van der Waals surface area contributed by atoms with Crippen LogP contribution in [-0.2, 0) is 4.79 Å². The molecule has 1 aromatic heterocycles. The van der Waals surface area contributed by atoms with E-state index in [9.17, 15) is 14.4 Å². The van der Waals surface area contributed by atoms with Gasteiger partial charge in [0.05, 0.1) is 6.26 Å². The van der Waals surface area contributed by atoms with Gasteiger partial charge in [-0.2, -0.15) is 0 Å². The fourth-order valence-corrected chi connectivity index (χ4v) is 3.92. The minimum Gasteiger partial charge on any atom is -0.459 e. The van der Waals surface area contributed by atoms with Crippen molar-refractivity contribution in [3.8, 4) is 0 Å². The molecule has 1 saturated heterocycles. The monoisotopic (exact) mass is 411 g/mol. The second-order valence-electron chi connectivity index (χ2n) is 7.43. The summed E-state index contributed by atoms with van der Waals surface area (Å²) in [6.45, 7) is 6.08. The van der Waals surface area contributed by atoms with Crippen LogP contribution in [0.15, 0.2) is 53.1 Å². The molecule has 1 aliphatic rings. The van der Waals surface area contributed by atoms with E-state index in [1.807, 2.05) is 19.9 Å². The highest BCUT2D eigenvalue weighted by molar-refractivity contribution is 5.97. The summed E-state index contributed by atoms with van der Waals surface area (Å²) >= 11 is 0. The second kappa shape index (κ2) is 10.1. The Hall–Kier alpha value is -3.09. The van der Waals surface area contributed by atoms with Crippen molar-refractivity contribution >= 4 is 17.7 Å². The van der Waals surface area contributed by atoms with Crippen LogP contribution in [0.4, 0.5) is 0 Å². The van der Waals surface area contributed by atoms with E-state index in [1.165, 1.54) is 6.26 Å². The van der Waals surface area contributed by atoms with Crippen LogP contribution in [0.3, 0.4) is 0 Å². The van der Waals surface area contributed by atoms with Crippen molar-refractivity contribution in [1.82, 2.24) is 15.1 Å². The van der Waals surface area contributed by atoms with Crippen LogP contribution in [0.1, 0.15) is 47.6 Å². The maximum atomic E-state index is 13.2. The highest BCUT2D eigenvalue weighted by atomic mass is 16.3. The molecular formula is C23H29N3O4. The number of furan rings is 1. The Morgan fingerprint density at radius 2 is 1.73 bits per heavy atom. The average Bonchev–Trinajstić information content (AvgIpc) is 3.33. The van der Waals surface area contributed by atoms with Crippen molar-refractivity contribution in [3.63, 3.8) is 0 Å². The molecule has 7 heteroatoms. The minimum absolute atomic E-state index is 0.0357. The normalized spacial score (nSPS) is 15.5. The first-order valence-corrected chi connectivity index (χ1v) is 10.5. The largest absolute Gasteiger partial charge is 0.459 e. The summed E-state index contributed by atoms with van der Waals surface area (Å²) in [7, 11) is 0. The molecule has 2 heterocycles. The number of nitrogens with zero attached hydrogens (tertiary/aromatic N) is 2. The zero-order chi connectivity index (χ0) is 21.5. The van der Waals surface area contributed by atoms with Gasteiger partial charge in [0.25, 0.3) is 11.8 Å². The molecule has 0 aliphatic carbocycles. The molecule has 160 valence electrons. The quantitative estimate of drug-likeness (QED) is 0.760. The number of likely N-dealkylation sites (tertiary alicyclic amines) is 1. The van der Waals surface area contributed by atoms with Crippen LogP contribution in [-0.4, -0.2) is 59.7 Å². The smallest absolute Gasteiger partial charge is 0.289 e. The Bertz CT molecular complexity index is 839. The molecule has 1 aliphatic heterocycles. The van der Waals surface area contributed by atoms with Crippen molar-refractivity contribution in [3.05, 3.63) is 60.1 Å². The first-order valence-electron chi connectivity index (χ1n) is 10.5. The molecule has 3 amide bonds. The molecule has 0 bridgehead atoms. The SMILES string of the molecule is CCN(CC)C(=O)C(NC(=O)c1ccccc1)C1CCN(C(=O)c2ccco2)CC1. The van der Waals surface area contributed by atoms with Gasteiger partial charge in [0, 0.05) is 31.7 Å². The van der Waals surface area contributed by atoms with E-state index in [4.69, 9.17) is 4.42 Å². The topological polar surface area (TPSA) is 82.9 Å². The van der Waals surface area contributed by atoms with Gasteiger partial charge >= 0.3 is 0 Å². The number of benzene rings is 1. The van der Waals surface area contributed by atoms with Gasteiger partial charge in [-0.15, -0.1) is 0 Å². The lowest BCUT2D eigenvalue weighted by atomic mass is 9.88. The van der Waals surface area contributed by atoms with Gasteiger partial charge in [0.1, 0.15) is 6.04 Å². The van der Waals surface area contributed by atoms with Gasteiger partial charge in [0.15, 0.2) is 5.76 Å². The Morgan fingerprint density at radius 1 is 1.07 bits per heavy atom. The summed E-state index contributed by atoms with van der Waals surface area (Å²) < 4.78 is 5.21. The van der Waals surface area contributed by atoms with Crippen LogP contribution in [0.25, 0.3) is 0 Å². The summed E-state index contributed by atoms with van der Waals surface area (Å²) in [5, 5.41) is 2.97. The predicted octanol–water partition coefficient (Wildman–Crippen LogP) is 2.80. The number of nitrogens with one attached hydrogen (secondary N) is 1. The van der Waals surface area contributed by atoms with Crippen molar-refractivity contribution in [2.75, 3.05) is 26.2 Å². The van der Waals surface area contributed by atoms with Gasteiger partial charge < -0.3 is 19.5 Å². The van der Waals surface area contributed by atoms with E-state index in [0.29, 0.717) is 50.3 Å². The molecule has 1 aromatic carbocycles. The highest BCUT2D eigenvalue weighted by Gasteiger charge is 2.36. The Morgan fingerprint density at radius 3 is 2.30 bits per heavy atom. The van der Waals surface area contributed by atoms with Crippen LogP contribution < -0.4 is 5.32 Å². The number of carbonyl (C=O) groups is 3. The number of hydrogen-bond acceptors (Lipinski definition) is 4. The number of rotatable bonds is 7. The minimum atomic E-state index is -0.613. The third-order valence-electron chi connectivity index (χ3n) is 5.69. The van der Waals surface area contributed by atoms with Crippen LogP contribution in [0.2, 0.25) is 0 Å². The van der Waals surface area contributed by atoms with Gasteiger partial charge in [-0.3, -0.25) is 14.4 Å². The van der Waals surface area contributed by atoms with E-state index in [2.05, 4.69) is 5.32 Å². The van der Waals surface area contributed by atoms with Gasteiger partial charge in [-0.05, 0) is 56.9 Å². The van der Waals surface area contributed by atoms with Crippen molar-refractivity contribution in [2.45, 2.75) is 32.7 Å². The maximum absolute atomic E-state index is 13.2. The fourth-order valence-electron chi connectivity index (χ4n) is 3.92. The molecule has 2 aromatic rings. The molecule has 0 spiro atoms. The van der Waals surface area contributed by atoms with Crippen molar-refractivity contribution in [1.29, 1.82) is 0 Å². The standard InChI is InChI=1S/C23H29N3O4/c1-3-25(4-2)23(29)20(24-21(27)18-9-6-5-7-10-18)17-12-14-26(15-13-17)22(28)19-11-8-16-30-19/h5-11,16-17,20H,3-4,12-15H2,1-2H3,(H,24,27). The summed E-state index contributed by atoms with van der Waals surface area (Å²) in [6, 6.07) is 11.7. The zero-order valence-electron chi connectivity index (χ0n) is 17.5. The second-order valence-corrected chi connectivity index (χ2v) is 7.43. The first-order chi connectivity index (χ1) is 14.5. The summed E-state index contributed by atoms with van der Waals surface area (Å²) in [4.78, 5) is 42.0. The van der Waals surface area contributed by atoms with Crippen LogP contribution >= 0.6 is 0 Å². The van der Waals surface area contributed by atoms with E-state index in [-0.39, 0.29) is 23.6 Å². The van der Waals surface area contributed by atoms with Crippen molar-refractivity contribution in [2.24, 2.45) is 5.92 Å².